The van der Waals surface area contributed by atoms with Crippen LogP contribution >= 0.6 is 15.9 Å². The Labute approximate surface area is 155 Å². The maximum atomic E-state index is 6.04. The summed E-state index contributed by atoms with van der Waals surface area (Å²) in [6.07, 6.45) is 5.54. The van der Waals surface area contributed by atoms with E-state index in [1.165, 1.54) is 36.4 Å². The van der Waals surface area contributed by atoms with Crippen LogP contribution in [0.25, 0.3) is 0 Å². The summed E-state index contributed by atoms with van der Waals surface area (Å²) in [5.41, 5.74) is 2.75. The lowest BCUT2D eigenvalue weighted by molar-refractivity contribution is -0.0146. The first-order valence-corrected chi connectivity index (χ1v) is 13.3. The molecule has 1 fully saturated rings. The van der Waals surface area contributed by atoms with Gasteiger partial charge in [0.2, 0.25) is 0 Å². The summed E-state index contributed by atoms with van der Waals surface area (Å²) in [6, 6.07) is 1.18. The smallest absolute Gasteiger partial charge is 0.142 e. The van der Waals surface area contributed by atoms with Crippen molar-refractivity contribution in [1.29, 1.82) is 0 Å². The first-order chi connectivity index (χ1) is 11.3. The number of anilines is 1. The highest BCUT2D eigenvalue weighted by Crippen LogP contribution is 2.57. The number of rotatable bonds is 6. The van der Waals surface area contributed by atoms with Crippen molar-refractivity contribution in [2.75, 3.05) is 25.3 Å². The third-order valence-corrected chi connectivity index (χ3v) is 7.98. The van der Waals surface area contributed by atoms with Crippen molar-refractivity contribution in [2.24, 2.45) is 0 Å². The molecule has 0 amide bonds. The maximum Gasteiger partial charge on any atom is 0.142 e. The van der Waals surface area contributed by atoms with Gasteiger partial charge >= 0.3 is 0 Å². The molecule has 1 aromatic rings. The number of pyridine rings is 1. The number of aromatic nitrogens is 1. The molecule has 6 heteroatoms. The van der Waals surface area contributed by atoms with Crippen LogP contribution in [0.4, 0.5) is 5.82 Å². The Morgan fingerprint density at radius 1 is 1.38 bits per heavy atom. The van der Waals surface area contributed by atoms with Crippen LogP contribution in [0, 0.1) is 6.92 Å². The van der Waals surface area contributed by atoms with Gasteiger partial charge in [0, 0.05) is 43.4 Å². The van der Waals surface area contributed by atoms with Crippen molar-refractivity contribution in [1.82, 2.24) is 4.98 Å². The number of fused-ring (bicyclic) bond motifs is 2. The molecule has 3 rings (SSSR count). The van der Waals surface area contributed by atoms with Crippen molar-refractivity contribution < 1.29 is 9.47 Å². The molecule has 1 unspecified atom stereocenters. The lowest BCUT2D eigenvalue weighted by atomic mass is 9.64. The third kappa shape index (κ3) is 3.06. The van der Waals surface area contributed by atoms with Crippen molar-refractivity contribution in [3.63, 3.8) is 0 Å². The van der Waals surface area contributed by atoms with Gasteiger partial charge in [-0.05, 0) is 47.3 Å². The van der Waals surface area contributed by atoms with Gasteiger partial charge in [0.25, 0.3) is 0 Å². The largest absolute Gasteiger partial charge is 0.361 e. The second-order valence-corrected chi connectivity index (χ2v) is 14.8. The summed E-state index contributed by atoms with van der Waals surface area (Å²) in [5.74, 6) is 1.05. The van der Waals surface area contributed by atoms with E-state index in [-0.39, 0.29) is 11.6 Å². The lowest BCUT2D eigenvalue weighted by Gasteiger charge is -2.44. The molecule has 2 heterocycles. The Morgan fingerprint density at radius 3 is 2.62 bits per heavy atom. The van der Waals surface area contributed by atoms with E-state index in [0.29, 0.717) is 6.73 Å². The van der Waals surface area contributed by atoms with E-state index < -0.39 is 8.07 Å². The average Bonchev–Trinajstić information content (AvgIpc) is 2.76. The number of hydrogen-bond donors (Lipinski definition) is 0. The molecule has 1 spiro atoms. The minimum Gasteiger partial charge on any atom is -0.361 e. The molecule has 134 valence electrons. The molecule has 1 aliphatic heterocycles. The van der Waals surface area contributed by atoms with Crippen molar-refractivity contribution >= 4 is 29.8 Å². The molecule has 0 N–H and O–H groups in total. The fourth-order valence-corrected chi connectivity index (χ4v) is 5.05. The fraction of sp³-hybridized carbons (Fsp3) is 0.722. The van der Waals surface area contributed by atoms with E-state index in [1.54, 1.807) is 0 Å². The molecular formula is C18H29BrN2O2Si. The van der Waals surface area contributed by atoms with E-state index >= 15 is 0 Å². The number of hydrogen-bond acceptors (Lipinski definition) is 4. The van der Waals surface area contributed by atoms with Crippen LogP contribution in [0.3, 0.4) is 0 Å². The van der Waals surface area contributed by atoms with Crippen LogP contribution in [0.15, 0.2) is 10.7 Å². The van der Waals surface area contributed by atoms with E-state index in [2.05, 4.69) is 47.4 Å². The normalized spacial score (nSPS) is 21.9. The van der Waals surface area contributed by atoms with Crippen molar-refractivity contribution in [3.05, 3.63) is 21.8 Å². The van der Waals surface area contributed by atoms with Crippen LogP contribution in [-0.4, -0.2) is 39.7 Å². The second-order valence-electron chi connectivity index (χ2n) is 8.35. The third-order valence-electron chi connectivity index (χ3n) is 5.48. The quantitative estimate of drug-likeness (QED) is 0.501. The van der Waals surface area contributed by atoms with Gasteiger partial charge in [-0.3, -0.25) is 0 Å². The molecular weight excluding hydrogens is 384 g/mol. The highest BCUT2D eigenvalue weighted by molar-refractivity contribution is 9.10. The Morgan fingerprint density at radius 2 is 2.08 bits per heavy atom. The molecule has 1 aliphatic carbocycles. The Hall–Kier alpha value is -0.433. The fourth-order valence-electron chi connectivity index (χ4n) is 3.99. The molecule has 0 saturated heterocycles. The molecule has 0 bridgehead atoms. The van der Waals surface area contributed by atoms with Gasteiger partial charge in [-0.25, -0.2) is 4.98 Å². The molecule has 1 aromatic heterocycles. The summed E-state index contributed by atoms with van der Waals surface area (Å²) < 4.78 is 13.1. The Balaban J connectivity index is 1.83. The number of halogens is 1. The SMILES string of the molecule is COC1N(COCC[Si](C)(C)C)c2ncc(Br)c(C)c2C12CCC2. The summed E-state index contributed by atoms with van der Waals surface area (Å²) in [6.45, 7) is 10.7. The minimum absolute atomic E-state index is 0.0358. The minimum atomic E-state index is -1.07. The van der Waals surface area contributed by atoms with Gasteiger partial charge in [0.05, 0.1) is 0 Å². The highest BCUT2D eigenvalue weighted by atomic mass is 79.9. The zero-order valence-electron chi connectivity index (χ0n) is 15.5. The monoisotopic (exact) mass is 412 g/mol. The molecule has 2 aliphatic rings. The average molecular weight is 413 g/mol. The second kappa shape index (κ2) is 6.70. The van der Waals surface area contributed by atoms with Crippen LogP contribution in [0.2, 0.25) is 25.7 Å². The molecule has 0 radical (unpaired) electrons. The Bertz CT molecular complexity index is 614. The van der Waals surface area contributed by atoms with Gasteiger partial charge < -0.3 is 14.4 Å². The van der Waals surface area contributed by atoms with Crippen LogP contribution in [0.1, 0.15) is 30.4 Å². The predicted octanol–water partition coefficient (Wildman–Crippen LogP) is 4.68. The van der Waals surface area contributed by atoms with Crippen LogP contribution in [0.5, 0.6) is 0 Å². The van der Waals surface area contributed by atoms with Crippen LogP contribution < -0.4 is 4.90 Å². The zero-order chi connectivity index (χ0) is 17.5. The standard InChI is InChI=1S/C18H29BrN2O2Si/c1-13-14(19)11-20-16-15(13)18(7-6-8-18)17(22-2)21(16)12-23-9-10-24(3,4)5/h11,17H,6-10,12H2,1-5H3. The van der Waals surface area contributed by atoms with E-state index in [9.17, 15) is 0 Å². The molecule has 1 atom stereocenters. The first-order valence-electron chi connectivity index (χ1n) is 8.83. The Kier molecular flexibility index (Phi) is 5.13. The van der Waals surface area contributed by atoms with Gasteiger partial charge in [-0.15, -0.1) is 0 Å². The molecule has 4 nitrogen and oxygen atoms in total. The zero-order valence-corrected chi connectivity index (χ0v) is 18.1. The van der Waals surface area contributed by atoms with Gasteiger partial charge in [0.15, 0.2) is 0 Å². The van der Waals surface area contributed by atoms with Crippen LogP contribution in [-0.2, 0) is 14.9 Å². The molecule has 1 saturated carbocycles. The summed E-state index contributed by atoms with van der Waals surface area (Å²) in [4.78, 5) is 6.97. The van der Waals surface area contributed by atoms with Crippen molar-refractivity contribution in [3.8, 4) is 0 Å². The summed E-state index contributed by atoms with van der Waals surface area (Å²) in [5, 5.41) is 0. The van der Waals surface area contributed by atoms with Crippen molar-refractivity contribution in [2.45, 2.75) is 63.5 Å². The highest BCUT2D eigenvalue weighted by Gasteiger charge is 2.56. The van der Waals surface area contributed by atoms with E-state index in [1.807, 2.05) is 13.3 Å². The number of nitrogens with zero attached hydrogens (tertiary/aromatic N) is 2. The maximum absolute atomic E-state index is 6.04. The lowest BCUT2D eigenvalue weighted by Crippen LogP contribution is -2.51. The summed E-state index contributed by atoms with van der Waals surface area (Å²) in [7, 11) is 0.748. The van der Waals surface area contributed by atoms with Gasteiger partial charge in [-0.2, -0.15) is 0 Å². The molecule has 24 heavy (non-hydrogen) atoms. The van der Waals surface area contributed by atoms with E-state index in [0.717, 1.165) is 16.9 Å². The topological polar surface area (TPSA) is 34.6 Å². The predicted molar refractivity (Wildman–Crippen MR) is 104 cm³/mol. The van der Waals surface area contributed by atoms with Gasteiger partial charge in [0.1, 0.15) is 18.8 Å². The summed E-state index contributed by atoms with van der Waals surface area (Å²) >= 11 is 3.65. The number of ether oxygens (including phenoxy) is 2. The molecule has 0 aromatic carbocycles. The van der Waals surface area contributed by atoms with Gasteiger partial charge in [-0.1, -0.05) is 26.1 Å². The van der Waals surface area contributed by atoms with E-state index in [4.69, 9.17) is 14.5 Å². The number of methoxy groups -OCH3 is 1. The first kappa shape index (κ1) is 18.4.